The molecular weight excluding hydrogens is 328 g/mol. The van der Waals surface area contributed by atoms with Gasteiger partial charge in [0.25, 0.3) is 0 Å². The van der Waals surface area contributed by atoms with Gasteiger partial charge in [-0.1, -0.05) is 12.1 Å². The summed E-state index contributed by atoms with van der Waals surface area (Å²) in [5.74, 6) is -0.268. The normalized spacial score (nSPS) is 8.60. The summed E-state index contributed by atoms with van der Waals surface area (Å²) in [7, 11) is 0. The van der Waals surface area contributed by atoms with Gasteiger partial charge in [0.2, 0.25) is 0 Å². The average Bonchev–Trinajstić information content (AvgIpc) is 2.07. The van der Waals surface area contributed by atoms with Crippen molar-refractivity contribution in [1.82, 2.24) is 5.32 Å². The van der Waals surface area contributed by atoms with Gasteiger partial charge in [-0.25, -0.2) is 0 Å². The Bertz CT molecular complexity index is 368. The molecule has 0 saturated heterocycles. The van der Waals surface area contributed by atoms with Crippen molar-refractivity contribution >= 4 is 52.6 Å². The fraction of sp³-hybridized carbons (Fsp3) is 0. The predicted octanol–water partition coefficient (Wildman–Crippen LogP) is 1.54. The molecule has 82 valence electrons. The first-order valence-corrected chi connectivity index (χ1v) is 4.88. The summed E-state index contributed by atoms with van der Waals surface area (Å²) in [6.45, 7) is 0. The second kappa shape index (κ2) is 6.46. The summed E-state index contributed by atoms with van der Waals surface area (Å²) in [6, 6.07) is 7.54. The Labute approximate surface area is 107 Å². The van der Waals surface area contributed by atoms with E-state index in [0.717, 1.165) is 9.26 Å². The van der Waals surface area contributed by atoms with Crippen LogP contribution in [0.3, 0.4) is 0 Å². The number of hydrogen-bond acceptors (Lipinski definition) is 2. The van der Waals surface area contributed by atoms with Crippen molar-refractivity contribution in [2.45, 2.75) is 0 Å². The quantitative estimate of drug-likeness (QED) is 0.305. The first-order valence-electron chi connectivity index (χ1n) is 3.81. The Morgan fingerprint density at radius 3 is 2.40 bits per heavy atom. The number of nitrogens with two attached hydrogens (primary N) is 1. The molecule has 7 heteroatoms. The summed E-state index contributed by atoms with van der Waals surface area (Å²) in [5, 5.41) is 19.5. The number of anilines is 1. The lowest BCUT2D eigenvalue weighted by Gasteiger charge is -2.09. The largest absolute Gasteiger partial charge is 0.370 e. The molecule has 0 aliphatic rings. The number of para-hydroxylation sites is 1. The van der Waals surface area contributed by atoms with Gasteiger partial charge >= 0.3 is 0 Å². The van der Waals surface area contributed by atoms with E-state index in [9.17, 15) is 0 Å². The highest BCUT2D eigenvalue weighted by molar-refractivity contribution is 14.1. The molecule has 0 aliphatic heterocycles. The van der Waals surface area contributed by atoms with Crippen LogP contribution in [0.4, 0.5) is 5.69 Å². The van der Waals surface area contributed by atoms with E-state index in [-0.39, 0.29) is 24.3 Å². The minimum absolute atomic E-state index is 0. The van der Waals surface area contributed by atoms with Crippen LogP contribution in [0.1, 0.15) is 0 Å². The fourth-order valence-electron chi connectivity index (χ4n) is 0.863. The number of guanidine groups is 2. The van der Waals surface area contributed by atoms with Crippen LogP contribution >= 0.6 is 35.0 Å². The molecular formula is C8H11ClIN5. The monoisotopic (exact) mass is 339 g/mol. The van der Waals surface area contributed by atoms with E-state index in [1.165, 1.54) is 0 Å². The van der Waals surface area contributed by atoms with E-state index in [0.29, 0.717) is 0 Å². The molecule has 0 aromatic heterocycles. The lowest BCUT2D eigenvalue weighted by molar-refractivity contribution is 1.20. The SMILES string of the molecule is Cl.N=C(N)NC(=N)Nc1ccccc1I. The van der Waals surface area contributed by atoms with Crippen LogP contribution in [-0.2, 0) is 0 Å². The van der Waals surface area contributed by atoms with Crippen LogP contribution in [0, 0.1) is 14.4 Å². The molecule has 0 atom stereocenters. The van der Waals surface area contributed by atoms with Gasteiger partial charge in [0.15, 0.2) is 11.9 Å². The van der Waals surface area contributed by atoms with Crippen LogP contribution in [0.25, 0.3) is 0 Å². The van der Waals surface area contributed by atoms with Crippen LogP contribution in [0.5, 0.6) is 0 Å². The topological polar surface area (TPSA) is 97.8 Å². The maximum Gasteiger partial charge on any atom is 0.199 e. The molecule has 0 unspecified atom stereocenters. The van der Waals surface area contributed by atoms with Gasteiger partial charge in [-0.15, -0.1) is 12.4 Å². The first-order chi connectivity index (χ1) is 6.59. The zero-order valence-electron chi connectivity index (χ0n) is 7.67. The third kappa shape index (κ3) is 4.84. The molecule has 0 fully saturated rings. The highest BCUT2D eigenvalue weighted by atomic mass is 127. The van der Waals surface area contributed by atoms with E-state index >= 15 is 0 Å². The van der Waals surface area contributed by atoms with Crippen LogP contribution in [-0.4, -0.2) is 11.9 Å². The van der Waals surface area contributed by atoms with Crippen molar-refractivity contribution in [2.24, 2.45) is 5.73 Å². The Morgan fingerprint density at radius 1 is 1.27 bits per heavy atom. The maximum atomic E-state index is 7.41. The summed E-state index contributed by atoms with van der Waals surface area (Å²) in [4.78, 5) is 0. The van der Waals surface area contributed by atoms with Crippen molar-refractivity contribution in [2.75, 3.05) is 5.32 Å². The van der Waals surface area contributed by atoms with Gasteiger partial charge in [-0.05, 0) is 34.7 Å². The minimum Gasteiger partial charge on any atom is -0.370 e. The van der Waals surface area contributed by atoms with Gasteiger partial charge in [-0.2, -0.15) is 0 Å². The number of hydrogen-bond donors (Lipinski definition) is 5. The average molecular weight is 340 g/mol. The highest BCUT2D eigenvalue weighted by Crippen LogP contribution is 2.16. The van der Waals surface area contributed by atoms with Gasteiger partial charge < -0.3 is 11.1 Å². The van der Waals surface area contributed by atoms with E-state index in [1.807, 2.05) is 24.3 Å². The molecule has 0 heterocycles. The molecule has 0 radical (unpaired) electrons. The second-order valence-electron chi connectivity index (χ2n) is 2.52. The van der Waals surface area contributed by atoms with E-state index in [1.54, 1.807) is 0 Å². The number of benzene rings is 1. The van der Waals surface area contributed by atoms with E-state index in [2.05, 4.69) is 33.2 Å². The number of rotatable bonds is 1. The van der Waals surface area contributed by atoms with Crippen molar-refractivity contribution in [1.29, 1.82) is 10.8 Å². The molecule has 0 saturated carbocycles. The third-order valence-corrected chi connectivity index (χ3v) is 2.33. The molecule has 15 heavy (non-hydrogen) atoms. The van der Waals surface area contributed by atoms with Crippen LogP contribution in [0.2, 0.25) is 0 Å². The van der Waals surface area contributed by atoms with Gasteiger partial charge in [0.05, 0.1) is 5.69 Å². The summed E-state index contributed by atoms with van der Waals surface area (Å²) in [6.07, 6.45) is 0. The molecule has 1 aromatic carbocycles. The smallest absolute Gasteiger partial charge is 0.199 e. The Balaban J connectivity index is 0.00000196. The number of nitrogens with one attached hydrogen (secondary N) is 4. The molecule has 0 bridgehead atoms. The zero-order valence-corrected chi connectivity index (χ0v) is 10.6. The van der Waals surface area contributed by atoms with E-state index < -0.39 is 0 Å². The van der Waals surface area contributed by atoms with Crippen molar-refractivity contribution < 1.29 is 0 Å². The van der Waals surface area contributed by atoms with Crippen molar-refractivity contribution in [3.8, 4) is 0 Å². The van der Waals surface area contributed by atoms with Crippen molar-refractivity contribution in [3.05, 3.63) is 27.8 Å². The van der Waals surface area contributed by atoms with E-state index in [4.69, 9.17) is 16.6 Å². The predicted molar refractivity (Wildman–Crippen MR) is 72.8 cm³/mol. The fourth-order valence-corrected chi connectivity index (χ4v) is 1.39. The van der Waals surface area contributed by atoms with Crippen molar-refractivity contribution in [3.63, 3.8) is 0 Å². The lowest BCUT2D eigenvalue weighted by atomic mass is 10.3. The molecule has 1 aromatic rings. The highest BCUT2D eigenvalue weighted by Gasteiger charge is 2.00. The third-order valence-electron chi connectivity index (χ3n) is 1.39. The lowest BCUT2D eigenvalue weighted by Crippen LogP contribution is -2.39. The van der Waals surface area contributed by atoms with Crippen LogP contribution in [0.15, 0.2) is 24.3 Å². The van der Waals surface area contributed by atoms with Crippen LogP contribution < -0.4 is 16.4 Å². The Kier molecular flexibility index (Phi) is 6.02. The second-order valence-corrected chi connectivity index (χ2v) is 3.68. The minimum atomic E-state index is -0.256. The summed E-state index contributed by atoms with van der Waals surface area (Å²) >= 11 is 2.16. The Hall–Kier alpha value is -1.02. The first kappa shape index (κ1) is 14.0. The molecule has 5 nitrogen and oxygen atoms in total. The molecule has 6 N–H and O–H groups in total. The van der Waals surface area contributed by atoms with Gasteiger partial charge in [-0.3, -0.25) is 16.1 Å². The zero-order chi connectivity index (χ0) is 10.6. The Morgan fingerprint density at radius 2 is 1.87 bits per heavy atom. The number of halogens is 2. The standard InChI is InChI=1S/C8H10IN5.ClH/c9-5-3-1-2-4-6(5)13-8(12)14-7(10)11;/h1-4H,(H6,10,11,12,13,14);1H. The maximum absolute atomic E-state index is 7.41. The molecule has 0 amide bonds. The summed E-state index contributed by atoms with van der Waals surface area (Å²) < 4.78 is 1.00. The van der Waals surface area contributed by atoms with Gasteiger partial charge in [0.1, 0.15) is 0 Å². The summed E-state index contributed by atoms with van der Waals surface area (Å²) in [5.41, 5.74) is 5.89. The van der Waals surface area contributed by atoms with Gasteiger partial charge in [0, 0.05) is 3.57 Å². The molecule has 0 spiro atoms. The molecule has 0 aliphatic carbocycles. The molecule has 1 rings (SSSR count).